The standard InChI is InChI=1S/C16H24ClO/c17-16-12-10-15(11-13-16)9-7-5-3-1-2-4-6-8-14-18/h10-13H,1-9,14H2. The van der Waals surface area contributed by atoms with Crippen molar-refractivity contribution in [2.45, 2.75) is 57.8 Å². The summed E-state index contributed by atoms with van der Waals surface area (Å²) in [5.41, 5.74) is 1.38. The lowest BCUT2D eigenvalue weighted by atomic mass is 10.0. The fourth-order valence-electron chi connectivity index (χ4n) is 2.14. The van der Waals surface area contributed by atoms with Crippen LogP contribution in [-0.4, -0.2) is 6.61 Å². The summed E-state index contributed by atoms with van der Waals surface area (Å²) in [4.78, 5) is 0. The molecule has 101 valence electrons. The molecule has 0 atom stereocenters. The fourth-order valence-corrected chi connectivity index (χ4v) is 2.27. The highest BCUT2D eigenvalue weighted by Crippen LogP contribution is 2.13. The summed E-state index contributed by atoms with van der Waals surface area (Å²) >= 11 is 5.85. The Morgan fingerprint density at radius 1 is 0.722 bits per heavy atom. The van der Waals surface area contributed by atoms with Gasteiger partial charge in [0.15, 0.2) is 0 Å². The quantitative estimate of drug-likeness (QED) is 0.504. The molecule has 0 bridgehead atoms. The van der Waals surface area contributed by atoms with E-state index in [0.717, 1.165) is 24.3 Å². The van der Waals surface area contributed by atoms with Crippen molar-refractivity contribution in [1.29, 1.82) is 0 Å². The summed E-state index contributed by atoms with van der Waals surface area (Å²) in [6.45, 7) is 0.0983. The van der Waals surface area contributed by atoms with Crippen LogP contribution in [0.15, 0.2) is 24.3 Å². The molecule has 0 spiro atoms. The van der Waals surface area contributed by atoms with E-state index in [1.165, 1.54) is 44.1 Å². The van der Waals surface area contributed by atoms with Gasteiger partial charge in [-0.3, -0.25) is 0 Å². The molecule has 1 rings (SSSR count). The summed E-state index contributed by atoms with van der Waals surface area (Å²) < 4.78 is 0. The van der Waals surface area contributed by atoms with E-state index >= 15 is 0 Å². The van der Waals surface area contributed by atoms with Crippen molar-refractivity contribution in [3.05, 3.63) is 34.9 Å². The zero-order valence-electron chi connectivity index (χ0n) is 11.2. The van der Waals surface area contributed by atoms with E-state index in [4.69, 9.17) is 11.6 Å². The third-order valence-electron chi connectivity index (χ3n) is 3.27. The van der Waals surface area contributed by atoms with Crippen LogP contribution in [0.5, 0.6) is 0 Å². The van der Waals surface area contributed by atoms with Gasteiger partial charge in [0.1, 0.15) is 0 Å². The van der Waals surface area contributed by atoms with Crippen molar-refractivity contribution >= 4 is 11.6 Å². The van der Waals surface area contributed by atoms with Crippen molar-refractivity contribution in [3.8, 4) is 0 Å². The number of hydrogen-bond acceptors (Lipinski definition) is 0. The lowest BCUT2D eigenvalue weighted by molar-refractivity contribution is 0.186. The highest BCUT2D eigenvalue weighted by molar-refractivity contribution is 6.30. The summed E-state index contributed by atoms with van der Waals surface area (Å²) in [6.07, 6.45) is 10.9. The minimum absolute atomic E-state index is 0.0983. The molecule has 0 saturated carbocycles. The first-order valence-corrected chi connectivity index (χ1v) is 7.53. The molecular weight excluding hydrogens is 244 g/mol. The van der Waals surface area contributed by atoms with Crippen LogP contribution in [0.4, 0.5) is 0 Å². The van der Waals surface area contributed by atoms with Gasteiger partial charge in [-0.1, -0.05) is 62.3 Å². The topological polar surface area (TPSA) is 19.9 Å². The molecule has 0 heterocycles. The average molecular weight is 268 g/mol. The molecule has 1 aromatic rings. The van der Waals surface area contributed by atoms with Crippen LogP contribution in [0.25, 0.3) is 0 Å². The van der Waals surface area contributed by atoms with Gasteiger partial charge in [0.25, 0.3) is 0 Å². The first-order chi connectivity index (χ1) is 8.83. The van der Waals surface area contributed by atoms with Gasteiger partial charge in [0.05, 0.1) is 6.61 Å². The van der Waals surface area contributed by atoms with Crippen molar-refractivity contribution < 1.29 is 5.11 Å². The Kier molecular flexibility index (Phi) is 8.97. The molecule has 1 aromatic carbocycles. The first-order valence-electron chi connectivity index (χ1n) is 7.15. The second kappa shape index (κ2) is 10.4. The molecule has 0 unspecified atom stereocenters. The number of aryl methyl sites for hydroxylation is 1. The molecule has 0 saturated heterocycles. The van der Waals surface area contributed by atoms with Crippen LogP contribution in [0.2, 0.25) is 5.02 Å². The van der Waals surface area contributed by atoms with E-state index in [0.29, 0.717) is 0 Å². The Balaban J connectivity index is 1.91. The number of unbranched alkanes of at least 4 members (excludes halogenated alkanes) is 7. The smallest absolute Gasteiger partial charge is 0.0822 e. The van der Waals surface area contributed by atoms with Gasteiger partial charge in [0.2, 0.25) is 0 Å². The van der Waals surface area contributed by atoms with Crippen molar-refractivity contribution in [1.82, 2.24) is 0 Å². The molecule has 18 heavy (non-hydrogen) atoms. The summed E-state index contributed by atoms with van der Waals surface area (Å²) in [5, 5.41) is 11.1. The second-order valence-electron chi connectivity index (χ2n) is 4.91. The number of halogens is 1. The minimum Gasteiger partial charge on any atom is -0.237 e. The summed E-state index contributed by atoms with van der Waals surface area (Å²) in [5.74, 6) is 0. The Hall–Kier alpha value is -0.530. The van der Waals surface area contributed by atoms with Crippen LogP contribution in [0.1, 0.15) is 56.9 Å². The lowest BCUT2D eigenvalue weighted by Gasteiger charge is -2.03. The molecule has 1 nitrogen and oxygen atoms in total. The predicted molar refractivity (Wildman–Crippen MR) is 77.6 cm³/mol. The van der Waals surface area contributed by atoms with E-state index in [1.807, 2.05) is 12.1 Å². The zero-order chi connectivity index (χ0) is 13.1. The lowest BCUT2D eigenvalue weighted by Crippen LogP contribution is -1.86. The van der Waals surface area contributed by atoms with Crippen LogP contribution >= 0.6 is 11.6 Å². The van der Waals surface area contributed by atoms with E-state index in [1.54, 1.807) is 0 Å². The monoisotopic (exact) mass is 267 g/mol. The van der Waals surface area contributed by atoms with Crippen LogP contribution in [-0.2, 0) is 11.5 Å². The molecule has 0 fully saturated rings. The fraction of sp³-hybridized carbons (Fsp3) is 0.625. The Labute approximate surface area is 116 Å². The van der Waals surface area contributed by atoms with Crippen LogP contribution in [0, 0.1) is 0 Å². The molecule has 1 radical (unpaired) electrons. The molecule has 0 aliphatic heterocycles. The molecule has 0 aromatic heterocycles. The molecule has 0 aliphatic carbocycles. The maximum Gasteiger partial charge on any atom is 0.0822 e. The molecule has 0 amide bonds. The Morgan fingerprint density at radius 3 is 1.78 bits per heavy atom. The summed E-state index contributed by atoms with van der Waals surface area (Å²) in [6, 6.07) is 8.16. The third kappa shape index (κ3) is 7.73. The van der Waals surface area contributed by atoms with E-state index in [9.17, 15) is 5.11 Å². The van der Waals surface area contributed by atoms with Crippen molar-refractivity contribution in [2.75, 3.05) is 6.61 Å². The number of hydrogen-bond donors (Lipinski definition) is 0. The van der Waals surface area contributed by atoms with Gasteiger partial charge in [-0.2, -0.15) is 0 Å². The number of benzene rings is 1. The SMILES string of the molecule is [O]CCCCCCCCCCc1ccc(Cl)cc1. The average Bonchev–Trinajstić information content (AvgIpc) is 2.39. The van der Waals surface area contributed by atoms with Gasteiger partial charge >= 0.3 is 0 Å². The Bertz CT molecular complexity index is 294. The molecule has 0 aliphatic rings. The normalized spacial score (nSPS) is 10.8. The van der Waals surface area contributed by atoms with Crippen molar-refractivity contribution in [3.63, 3.8) is 0 Å². The second-order valence-corrected chi connectivity index (χ2v) is 5.35. The van der Waals surface area contributed by atoms with Gasteiger partial charge in [-0.25, -0.2) is 5.11 Å². The maximum absolute atomic E-state index is 10.3. The van der Waals surface area contributed by atoms with Gasteiger partial charge in [-0.15, -0.1) is 0 Å². The van der Waals surface area contributed by atoms with E-state index in [-0.39, 0.29) is 6.61 Å². The van der Waals surface area contributed by atoms with Gasteiger partial charge < -0.3 is 0 Å². The highest BCUT2D eigenvalue weighted by atomic mass is 35.5. The zero-order valence-corrected chi connectivity index (χ0v) is 11.9. The van der Waals surface area contributed by atoms with E-state index < -0.39 is 0 Å². The third-order valence-corrected chi connectivity index (χ3v) is 3.53. The molecule has 0 N–H and O–H groups in total. The number of rotatable bonds is 10. The van der Waals surface area contributed by atoms with Crippen LogP contribution < -0.4 is 0 Å². The maximum atomic E-state index is 10.3. The van der Waals surface area contributed by atoms with E-state index in [2.05, 4.69) is 12.1 Å². The van der Waals surface area contributed by atoms with Crippen molar-refractivity contribution in [2.24, 2.45) is 0 Å². The van der Waals surface area contributed by atoms with Gasteiger partial charge in [0, 0.05) is 5.02 Å². The summed E-state index contributed by atoms with van der Waals surface area (Å²) in [7, 11) is 0. The highest BCUT2D eigenvalue weighted by Gasteiger charge is 1.95. The minimum atomic E-state index is 0.0983. The first kappa shape index (κ1) is 15.5. The Morgan fingerprint density at radius 2 is 1.22 bits per heavy atom. The predicted octanol–water partition coefficient (Wildman–Crippen LogP) is 5.43. The molecular formula is C16H24ClO. The largest absolute Gasteiger partial charge is 0.237 e. The van der Waals surface area contributed by atoms with Crippen LogP contribution in [0.3, 0.4) is 0 Å². The van der Waals surface area contributed by atoms with Gasteiger partial charge in [-0.05, 0) is 37.0 Å². The molecule has 2 heteroatoms.